The lowest BCUT2D eigenvalue weighted by molar-refractivity contribution is -0.140. The van der Waals surface area contributed by atoms with Gasteiger partial charge in [-0.25, -0.2) is 13.2 Å². The minimum Gasteiger partial charge on any atom is -0.462 e. The Hall–Kier alpha value is -2.71. The lowest BCUT2D eigenvalue weighted by atomic mass is 9.84. The van der Waals surface area contributed by atoms with Crippen molar-refractivity contribution in [1.82, 2.24) is 0 Å². The van der Waals surface area contributed by atoms with E-state index in [0.29, 0.717) is 34.5 Å². The minimum absolute atomic E-state index is 0.136. The fourth-order valence-electron chi connectivity index (χ4n) is 3.80. The molecule has 0 heterocycles. The highest BCUT2D eigenvalue weighted by atomic mass is 32.2. The highest BCUT2D eigenvalue weighted by Gasteiger charge is 2.28. The van der Waals surface area contributed by atoms with Gasteiger partial charge in [-0.15, -0.1) is 0 Å². The van der Waals surface area contributed by atoms with E-state index < -0.39 is 21.8 Å². The summed E-state index contributed by atoms with van der Waals surface area (Å²) >= 11 is 0. The predicted molar refractivity (Wildman–Crippen MR) is 131 cm³/mol. The van der Waals surface area contributed by atoms with Gasteiger partial charge in [0.1, 0.15) is 6.61 Å². The summed E-state index contributed by atoms with van der Waals surface area (Å²) in [5, 5.41) is 8.90. The van der Waals surface area contributed by atoms with Crippen LogP contribution in [0.1, 0.15) is 51.5 Å². The molecule has 1 unspecified atom stereocenters. The molecule has 1 aromatic rings. The molecular weight excluding hydrogens is 456 g/mol. The lowest BCUT2D eigenvalue weighted by Gasteiger charge is -2.25. The van der Waals surface area contributed by atoms with E-state index in [-0.39, 0.29) is 32.2 Å². The molecule has 1 N–H and O–H groups in total. The number of sulfone groups is 1. The molecule has 186 valence electrons. The van der Waals surface area contributed by atoms with Crippen molar-refractivity contribution in [2.24, 2.45) is 5.92 Å². The van der Waals surface area contributed by atoms with Crippen LogP contribution in [-0.4, -0.2) is 51.5 Å². The van der Waals surface area contributed by atoms with Gasteiger partial charge in [-0.3, -0.25) is 4.79 Å². The summed E-state index contributed by atoms with van der Waals surface area (Å²) in [5.41, 5.74) is 2.16. The number of hydrogen-bond acceptors (Lipinski definition) is 7. The normalized spacial score (nSPS) is 16.8. The number of aliphatic hydroxyl groups is 1. The Morgan fingerprint density at radius 1 is 1.03 bits per heavy atom. The van der Waals surface area contributed by atoms with Gasteiger partial charge in [-0.2, -0.15) is 0 Å². The zero-order valence-corrected chi connectivity index (χ0v) is 20.9. The number of carbonyl (C=O) groups excluding carboxylic acids is 2. The average Bonchev–Trinajstić information content (AvgIpc) is 2.79. The predicted octanol–water partition coefficient (Wildman–Crippen LogP) is 3.99. The Labute approximate surface area is 202 Å². The quantitative estimate of drug-likeness (QED) is 0.268. The third-order valence-electron chi connectivity index (χ3n) is 5.59. The Bertz CT molecular complexity index is 1050. The number of esters is 2. The number of carbonyl (C=O) groups is 2. The van der Waals surface area contributed by atoms with Gasteiger partial charge < -0.3 is 14.6 Å². The summed E-state index contributed by atoms with van der Waals surface area (Å²) in [6, 6.07) is 9.03. The molecule has 0 radical (unpaired) electrons. The first-order chi connectivity index (χ1) is 16.1. The SMILES string of the molecule is CC(=O)OC/C(C1=CC=C(S(C)(=O)=O)CC1C)=C(\C(=O)OCCCCCCO)c1ccccc1. The van der Waals surface area contributed by atoms with Gasteiger partial charge in [0.2, 0.25) is 0 Å². The third kappa shape index (κ3) is 8.25. The minimum atomic E-state index is -3.34. The molecule has 1 aliphatic rings. The van der Waals surface area contributed by atoms with Crippen LogP contribution in [0, 0.1) is 5.92 Å². The highest BCUT2D eigenvalue weighted by Crippen LogP contribution is 2.36. The molecule has 0 fully saturated rings. The molecule has 0 saturated carbocycles. The molecule has 0 amide bonds. The summed E-state index contributed by atoms with van der Waals surface area (Å²) in [6.07, 6.45) is 7.77. The Kier molecular flexibility index (Phi) is 10.7. The molecule has 0 spiro atoms. The van der Waals surface area contributed by atoms with Gasteiger partial charge in [0, 0.05) is 30.3 Å². The maximum Gasteiger partial charge on any atom is 0.339 e. The number of unbranched alkanes of at least 4 members (excludes halogenated alkanes) is 3. The van der Waals surface area contributed by atoms with Crippen LogP contribution in [0.5, 0.6) is 0 Å². The van der Waals surface area contributed by atoms with Crippen molar-refractivity contribution in [3.8, 4) is 0 Å². The van der Waals surface area contributed by atoms with Crippen molar-refractivity contribution in [2.75, 3.05) is 26.1 Å². The Morgan fingerprint density at radius 3 is 2.29 bits per heavy atom. The van der Waals surface area contributed by atoms with Crippen LogP contribution >= 0.6 is 0 Å². The van der Waals surface area contributed by atoms with Crippen molar-refractivity contribution >= 4 is 27.3 Å². The summed E-state index contributed by atoms with van der Waals surface area (Å²) in [4.78, 5) is 25.2. The van der Waals surface area contributed by atoms with E-state index in [9.17, 15) is 18.0 Å². The maximum absolute atomic E-state index is 13.3. The van der Waals surface area contributed by atoms with E-state index in [1.807, 2.05) is 13.0 Å². The van der Waals surface area contributed by atoms with Crippen molar-refractivity contribution < 1.29 is 32.6 Å². The smallest absolute Gasteiger partial charge is 0.339 e. The second-order valence-corrected chi connectivity index (χ2v) is 10.5. The molecular formula is C26H34O7S. The lowest BCUT2D eigenvalue weighted by Crippen LogP contribution is -2.19. The van der Waals surface area contributed by atoms with E-state index in [2.05, 4.69) is 0 Å². The molecule has 1 aliphatic carbocycles. The Morgan fingerprint density at radius 2 is 1.71 bits per heavy atom. The summed E-state index contributed by atoms with van der Waals surface area (Å²) in [6.45, 7) is 3.41. The summed E-state index contributed by atoms with van der Waals surface area (Å²) in [7, 11) is -3.34. The largest absolute Gasteiger partial charge is 0.462 e. The molecule has 1 aromatic carbocycles. The van der Waals surface area contributed by atoms with E-state index in [0.717, 1.165) is 18.4 Å². The number of hydrogen-bond donors (Lipinski definition) is 1. The fraction of sp³-hybridized carbons (Fsp3) is 0.462. The van der Waals surface area contributed by atoms with E-state index in [1.54, 1.807) is 36.4 Å². The monoisotopic (exact) mass is 490 g/mol. The number of rotatable bonds is 12. The molecule has 34 heavy (non-hydrogen) atoms. The van der Waals surface area contributed by atoms with E-state index in [4.69, 9.17) is 14.6 Å². The van der Waals surface area contributed by atoms with Crippen molar-refractivity contribution in [3.05, 3.63) is 64.1 Å². The molecule has 0 bridgehead atoms. The standard InChI is InChI=1S/C26H34O7S/c1-19-17-22(34(3,30)31)13-14-23(19)24(18-33-20(2)28)25(21-11-7-6-8-12-21)26(29)32-16-10-5-4-9-15-27/h6-8,11-14,19,27H,4-5,9-10,15-18H2,1-3H3/b25-24+. The molecule has 0 aromatic heterocycles. The first kappa shape index (κ1) is 27.5. The topological polar surface area (TPSA) is 107 Å². The number of allylic oxidation sites excluding steroid dienone is 3. The number of benzene rings is 1. The molecule has 0 saturated heterocycles. The Balaban J connectivity index is 2.49. The van der Waals surface area contributed by atoms with Crippen molar-refractivity contribution in [2.45, 2.75) is 46.0 Å². The van der Waals surface area contributed by atoms with Gasteiger partial charge in [-0.05, 0) is 48.8 Å². The highest BCUT2D eigenvalue weighted by molar-refractivity contribution is 7.94. The van der Waals surface area contributed by atoms with Crippen LogP contribution in [0.4, 0.5) is 0 Å². The number of ether oxygens (including phenoxy) is 2. The van der Waals surface area contributed by atoms with Crippen LogP contribution in [0.2, 0.25) is 0 Å². The van der Waals surface area contributed by atoms with Crippen LogP contribution in [0.3, 0.4) is 0 Å². The van der Waals surface area contributed by atoms with Gasteiger partial charge >= 0.3 is 11.9 Å². The second-order valence-electron chi connectivity index (χ2n) is 8.41. The number of aliphatic hydroxyl groups excluding tert-OH is 1. The van der Waals surface area contributed by atoms with Crippen LogP contribution in [0.15, 0.2) is 58.5 Å². The first-order valence-corrected chi connectivity index (χ1v) is 13.3. The van der Waals surface area contributed by atoms with Gasteiger partial charge in [-0.1, -0.05) is 49.8 Å². The third-order valence-corrected chi connectivity index (χ3v) is 6.84. The van der Waals surface area contributed by atoms with Crippen LogP contribution in [0.25, 0.3) is 5.57 Å². The molecule has 2 rings (SSSR count). The zero-order valence-electron chi connectivity index (χ0n) is 20.1. The molecule has 8 heteroatoms. The average molecular weight is 491 g/mol. The fourth-order valence-corrected chi connectivity index (χ4v) is 4.67. The summed E-state index contributed by atoms with van der Waals surface area (Å²) < 4.78 is 35.0. The zero-order chi connectivity index (χ0) is 25.1. The van der Waals surface area contributed by atoms with Gasteiger partial charge in [0.15, 0.2) is 9.84 Å². The first-order valence-electron chi connectivity index (χ1n) is 11.5. The second kappa shape index (κ2) is 13.2. The van der Waals surface area contributed by atoms with E-state index >= 15 is 0 Å². The van der Waals surface area contributed by atoms with Crippen LogP contribution < -0.4 is 0 Å². The van der Waals surface area contributed by atoms with Gasteiger partial charge in [0.05, 0.1) is 12.2 Å². The van der Waals surface area contributed by atoms with Gasteiger partial charge in [0.25, 0.3) is 0 Å². The van der Waals surface area contributed by atoms with E-state index in [1.165, 1.54) is 13.2 Å². The van der Waals surface area contributed by atoms with Crippen molar-refractivity contribution in [1.29, 1.82) is 0 Å². The summed E-state index contributed by atoms with van der Waals surface area (Å²) in [5.74, 6) is -1.23. The maximum atomic E-state index is 13.3. The van der Waals surface area contributed by atoms with Crippen molar-refractivity contribution in [3.63, 3.8) is 0 Å². The molecule has 7 nitrogen and oxygen atoms in total. The molecule has 1 atom stereocenters. The van der Waals surface area contributed by atoms with Crippen LogP contribution in [-0.2, 0) is 28.9 Å². The molecule has 0 aliphatic heterocycles.